The van der Waals surface area contributed by atoms with Gasteiger partial charge >= 0.3 is 5.97 Å². The first kappa shape index (κ1) is 13.3. The Morgan fingerprint density at radius 1 is 0.947 bits per heavy atom. The van der Waals surface area contributed by atoms with Gasteiger partial charge < -0.3 is 5.11 Å². The highest BCUT2D eigenvalue weighted by Crippen LogP contribution is 2.33. The molecule has 98 valence electrons. The summed E-state index contributed by atoms with van der Waals surface area (Å²) in [5.74, 6) is -0.882. The lowest BCUT2D eigenvalue weighted by molar-refractivity contribution is 0.0698. The number of benzene rings is 2. The summed E-state index contributed by atoms with van der Waals surface area (Å²) in [7, 11) is 0. The average Bonchev–Trinajstić information content (AvgIpc) is 2.36. The molecule has 0 aliphatic carbocycles. The molecule has 0 saturated heterocycles. The van der Waals surface area contributed by atoms with Gasteiger partial charge in [-0.15, -0.1) is 0 Å². The van der Waals surface area contributed by atoms with Gasteiger partial charge in [0.1, 0.15) is 0 Å². The van der Waals surface area contributed by atoms with Gasteiger partial charge in [0, 0.05) is 0 Å². The molecule has 2 aromatic rings. The molecule has 0 bridgehead atoms. The number of carbonyl (C=O) groups is 1. The van der Waals surface area contributed by atoms with Gasteiger partial charge in [0.2, 0.25) is 0 Å². The van der Waals surface area contributed by atoms with Crippen LogP contribution >= 0.6 is 0 Å². The third-order valence-electron chi connectivity index (χ3n) is 3.78. The maximum Gasteiger partial charge on any atom is 0.336 e. The van der Waals surface area contributed by atoms with Crippen LogP contribution < -0.4 is 0 Å². The van der Waals surface area contributed by atoms with Crippen molar-refractivity contribution in [1.82, 2.24) is 0 Å². The van der Waals surface area contributed by atoms with Crippen molar-refractivity contribution >= 4 is 5.97 Å². The van der Waals surface area contributed by atoms with Crippen molar-refractivity contribution < 1.29 is 9.90 Å². The molecule has 0 aliphatic heterocycles. The molecular weight excluding hydrogens is 236 g/mol. The van der Waals surface area contributed by atoms with Crippen LogP contribution in [0.3, 0.4) is 0 Å². The Kier molecular flexibility index (Phi) is 3.43. The molecule has 0 atom stereocenters. The van der Waals surface area contributed by atoms with Crippen LogP contribution in [0, 0.1) is 27.7 Å². The first-order chi connectivity index (χ1) is 8.93. The molecule has 19 heavy (non-hydrogen) atoms. The lowest BCUT2D eigenvalue weighted by Gasteiger charge is -2.16. The van der Waals surface area contributed by atoms with E-state index in [1.54, 1.807) is 12.1 Å². The van der Waals surface area contributed by atoms with Gasteiger partial charge in [-0.25, -0.2) is 4.79 Å². The van der Waals surface area contributed by atoms with Crippen molar-refractivity contribution in [3.8, 4) is 11.1 Å². The van der Waals surface area contributed by atoms with Crippen LogP contribution in [-0.2, 0) is 0 Å². The summed E-state index contributed by atoms with van der Waals surface area (Å²) < 4.78 is 0. The zero-order valence-electron chi connectivity index (χ0n) is 11.7. The van der Waals surface area contributed by atoms with Gasteiger partial charge in [0.05, 0.1) is 5.56 Å². The van der Waals surface area contributed by atoms with Crippen LogP contribution in [0.15, 0.2) is 30.3 Å². The average molecular weight is 254 g/mol. The van der Waals surface area contributed by atoms with E-state index >= 15 is 0 Å². The topological polar surface area (TPSA) is 37.3 Å². The molecule has 0 aliphatic rings. The van der Waals surface area contributed by atoms with E-state index in [0.717, 1.165) is 22.3 Å². The molecular formula is C17H18O2. The fourth-order valence-electron chi connectivity index (χ4n) is 2.59. The maximum absolute atomic E-state index is 11.4. The highest BCUT2D eigenvalue weighted by Gasteiger charge is 2.16. The standard InChI is InChI=1S/C17H18O2/c1-10-9-11(2)16(13(4)12(10)3)14-7-5-6-8-15(14)17(18)19/h5-9H,1-4H3,(H,18,19). The monoisotopic (exact) mass is 254 g/mol. The van der Waals surface area contributed by atoms with Crippen LogP contribution in [0.2, 0.25) is 0 Å². The van der Waals surface area contributed by atoms with Crippen LogP contribution in [-0.4, -0.2) is 11.1 Å². The number of aryl methyl sites for hydroxylation is 2. The summed E-state index contributed by atoms with van der Waals surface area (Å²) in [6.07, 6.45) is 0. The minimum Gasteiger partial charge on any atom is -0.478 e. The van der Waals surface area contributed by atoms with Crippen LogP contribution in [0.5, 0.6) is 0 Å². The van der Waals surface area contributed by atoms with Gasteiger partial charge in [-0.2, -0.15) is 0 Å². The summed E-state index contributed by atoms with van der Waals surface area (Å²) >= 11 is 0. The van der Waals surface area contributed by atoms with E-state index in [9.17, 15) is 9.90 Å². The highest BCUT2D eigenvalue weighted by atomic mass is 16.4. The molecule has 0 radical (unpaired) electrons. The Morgan fingerprint density at radius 2 is 1.58 bits per heavy atom. The van der Waals surface area contributed by atoms with E-state index in [1.165, 1.54) is 11.1 Å². The van der Waals surface area contributed by atoms with Crippen molar-refractivity contribution in [2.24, 2.45) is 0 Å². The zero-order chi connectivity index (χ0) is 14.2. The molecule has 0 fully saturated rings. The fraction of sp³-hybridized carbons (Fsp3) is 0.235. The minimum atomic E-state index is -0.882. The van der Waals surface area contributed by atoms with Gasteiger partial charge in [-0.05, 0) is 67.1 Å². The van der Waals surface area contributed by atoms with E-state index in [2.05, 4.69) is 26.8 Å². The number of hydrogen-bond donors (Lipinski definition) is 1. The number of rotatable bonds is 2. The number of carboxylic acid groups (broad SMARTS) is 1. The maximum atomic E-state index is 11.4. The lowest BCUT2D eigenvalue weighted by Crippen LogP contribution is -2.02. The molecule has 0 saturated carbocycles. The van der Waals surface area contributed by atoms with Gasteiger partial charge in [-0.1, -0.05) is 24.3 Å². The Labute approximate surface area is 113 Å². The highest BCUT2D eigenvalue weighted by molar-refractivity contribution is 5.97. The van der Waals surface area contributed by atoms with Crippen molar-refractivity contribution in [3.63, 3.8) is 0 Å². The number of carboxylic acids is 1. The molecule has 2 heteroatoms. The largest absolute Gasteiger partial charge is 0.478 e. The fourth-order valence-corrected chi connectivity index (χ4v) is 2.59. The quantitative estimate of drug-likeness (QED) is 0.868. The summed E-state index contributed by atoms with van der Waals surface area (Å²) in [5.41, 5.74) is 6.94. The molecule has 1 N–H and O–H groups in total. The molecule has 0 aromatic heterocycles. The van der Waals surface area contributed by atoms with E-state index in [4.69, 9.17) is 0 Å². The first-order valence-corrected chi connectivity index (χ1v) is 6.33. The Bertz CT molecular complexity index is 655. The van der Waals surface area contributed by atoms with Crippen molar-refractivity contribution in [1.29, 1.82) is 0 Å². The molecule has 0 unspecified atom stereocenters. The van der Waals surface area contributed by atoms with Crippen molar-refractivity contribution in [3.05, 3.63) is 58.1 Å². The third-order valence-corrected chi connectivity index (χ3v) is 3.78. The smallest absolute Gasteiger partial charge is 0.336 e. The molecule has 0 spiro atoms. The number of hydrogen-bond acceptors (Lipinski definition) is 1. The molecule has 2 aromatic carbocycles. The second kappa shape index (κ2) is 4.88. The Balaban J connectivity index is 2.80. The minimum absolute atomic E-state index is 0.358. The second-order valence-electron chi connectivity index (χ2n) is 4.99. The van der Waals surface area contributed by atoms with E-state index in [0.29, 0.717) is 5.56 Å². The van der Waals surface area contributed by atoms with Gasteiger partial charge in [0.15, 0.2) is 0 Å². The first-order valence-electron chi connectivity index (χ1n) is 6.33. The predicted molar refractivity (Wildman–Crippen MR) is 77.8 cm³/mol. The molecule has 0 heterocycles. The van der Waals surface area contributed by atoms with Gasteiger partial charge in [0.25, 0.3) is 0 Å². The zero-order valence-corrected chi connectivity index (χ0v) is 11.7. The van der Waals surface area contributed by atoms with Crippen LogP contribution in [0.25, 0.3) is 11.1 Å². The Hall–Kier alpha value is -2.09. The second-order valence-corrected chi connectivity index (χ2v) is 4.99. The van der Waals surface area contributed by atoms with Crippen LogP contribution in [0.4, 0.5) is 0 Å². The predicted octanol–water partition coefficient (Wildman–Crippen LogP) is 4.29. The van der Waals surface area contributed by atoms with Crippen molar-refractivity contribution in [2.45, 2.75) is 27.7 Å². The molecule has 2 rings (SSSR count). The molecule has 2 nitrogen and oxygen atoms in total. The normalized spacial score (nSPS) is 10.5. The molecule has 0 amide bonds. The van der Waals surface area contributed by atoms with E-state index in [1.807, 2.05) is 19.1 Å². The van der Waals surface area contributed by atoms with Gasteiger partial charge in [-0.3, -0.25) is 0 Å². The summed E-state index contributed by atoms with van der Waals surface area (Å²) in [6, 6.07) is 9.31. The summed E-state index contributed by atoms with van der Waals surface area (Å²) in [5, 5.41) is 9.33. The summed E-state index contributed by atoms with van der Waals surface area (Å²) in [4.78, 5) is 11.4. The van der Waals surface area contributed by atoms with Crippen molar-refractivity contribution in [2.75, 3.05) is 0 Å². The summed E-state index contributed by atoms with van der Waals surface area (Å²) in [6.45, 7) is 8.26. The van der Waals surface area contributed by atoms with Crippen LogP contribution in [0.1, 0.15) is 32.6 Å². The van der Waals surface area contributed by atoms with E-state index < -0.39 is 5.97 Å². The third kappa shape index (κ3) is 2.26. The SMILES string of the molecule is Cc1cc(C)c(-c2ccccc2C(=O)O)c(C)c1C. The van der Waals surface area contributed by atoms with E-state index in [-0.39, 0.29) is 0 Å². The lowest BCUT2D eigenvalue weighted by atomic mass is 9.88. The Morgan fingerprint density at radius 3 is 2.21 bits per heavy atom. The number of aromatic carboxylic acids is 1.